The molecule has 1 aromatic rings. The number of carbonyl (C=O) groups is 2. The molecule has 0 saturated heterocycles. The molecular weight excluding hydrogens is 332 g/mol. The van der Waals surface area contributed by atoms with Crippen molar-refractivity contribution in [3.05, 3.63) is 29.3 Å². The first-order valence-corrected chi connectivity index (χ1v) is 8.88. The molecular formula is C16H22N2O5S. The normalized spacial score (nSPS) is 16.4. The molecule has 0 radical (unpaired) electrons. The Bertz CT molecular complexity index is 784. The molecule has 132 valence electrons. The van der Waals surface area contributed by atoms with Crippen LogP contribution in [-0.2, 0) is 14.8 Å². The van der Waals surface area contributed by atoms with Gasteiger partial charge in [-0.15, -0.1) is 0 Å². The van der Waals surface area contributed by atoms with Crippen molar-refractivity contribution in [1.29, 1.82) is 0 Å². The summed E-state index contributed by atoms with van der Waals surface area (Å²) in [5, 5.41) is 0. The first-order valence-electron chi connectivity index (χ1n) is 7.44. The van der Waals surface area contributed by atoms with Gasteiger partial charge in [-0.1, -0.05) is 13.8 Å². The maximum absolute atomic E-state index is 12.8. The topological polar surface area (TPSA) is 84.0 Å². The van der Waals surface area contributed by atoms with Gasteiger partial charge in [0.2, 0.25) is 0 Å². The number of methoxy groups -OCH3 is 1. The molecule has 0 fully saturated rings. The first kappa shape index (κ1) is 18.4. The van der Waals surface area contributed by atoms with Crippen LogP contribution in [0, 0.1) is 5.41 Å². The van der Waals surface area contributed by atoms with Gasteiger partial charge in [-0.2, -0.15) is 0 Å². The molecule has 1 aromatic carbocycles. The fraction of sp³-hybridized carbons (Fsp3) is 0.500. The Morgan fingerprint density at radius 3 is 2.46 bits per heavy atom. The molecule has 1 heterocycles. The van der Waals surface area contributed by atoms with Crippen LogP contribution in [0.1, 0.15) is 34.6 Å². The van der Waals surface area contributed by atoms with E-state index in [1.807, 2.05) is 32.8 Å². The molecule has 0 N–H and O–H groups in total. The van der Waals surface area contributed by atoms with Gasteiger partial charge >= 0.3 is 5.97 Å². The Labute approximate surface area is 142 Å². The summed E-state index contributed by atoms with van der Waals surface area (Å²) in [6.45, 7) is 4.49. The number of ether oxygens (including phenoxy) is 1. The molecule has 0 unspecified atom stereocenters. The first-order chi connectivity index (χ1) is 11.0. The van der Waals surface area contributed by atoms with Crippen molar-refractivity contribution in [2.24, 2.45) is 5.41 Å². The molecule has 0 spiro atoms. The van der Waals surface area contributed by atoms with E-state index in [1.165, 1.54) is 25.3 Å². The fourth-order valence-corrected chi connectivity index (χ4v) is 4.75. The lowest BCUT2D eigenvalue weighted by Gasteiger charge is -2.31. The molecule has 24 heavy (non-hydrogen) atoms. The van der Waals surface area contributed by atoms with E-state index in [2.05, 4.69) is 4.74 Å². The monoisotopic (exact) mass is 354 g/mol. The number of nitrogens with zero attached hydrogens (tertiary/aromatic N) is 2. The largest absolute Gasteiger partial charge is 0.465 e. The van der Waals surface area contributed by atoms with Crippen molar-refractivity contribution in [2.45, 2.75) is 18.7 Å². The maximum atomic E-state index is 12.8. The molecule has 1 amide bonds. The number of sulfonamides is 1. The van der Waals surface area contributed by atoms with Crippen LogP contribution in [0.15, 0.2) is 23.1 Å². The Hall–Kier alpha value is -1.93. The van der Waals surface area contributed by atoms with Crippen LogP contribution in [0.4, 0.5) is 0 Å². The SMILES string of the molecule is COC(=O)c1ccc2c(c1)S(=O)(=O)N(CC(C)(C)CN(C)C)C2=O. The average molecular weight is 354 g/mol. The Balaban J connectivity index is 2.42. The number of esters is 1. The predicted octanol–water partition coefficient (Wildman–Crippen LogP) is 1.21. The molecule has 0 aliphatic carbocycles. The van der Waals surface area contributed by atoms with E-state index in [4.69, 9.17) is 0 Å². The van der Waals surface area contributed by atoms with Gasteiger partial charge < -0.3 is 9.64 Å². The smallest absolute Gasteiger partial charge is 0.337 e. The van der Waals surface area contributed by atoms with Gasteiger partial charge in [0.15, 0.2) is 0 Å². The highest BCUT2D eigenvalue weighted by atomic mass is 32.2. The van der Waals surface area contributed by atoms with Crippen molar-refractivity contribution in [1.82, 2.24) is 9.21 Å². The standard InChI is InChI=1S/C16H22N2O5S/c1-16(2,9-17(3)4)10-18-14(19)12-7-6-11(15(20)23-5)8-13(12)24(18,21)22/h6-8H,9-10H2,1-5H3. The number of hydrogen-bond donors (Lipinski definition) is 0. The fourth-order valence-electron chi connectivity index (χ4n) is 2.97. The van der Waals surface area contributed by atoms with Gasteiger partial charge in [0.1, 0.15) is 4.90 Å². The third-order valence-corrected chi connectivity index (χ3v) is 5.51. The zero-order chi connectivity index (χ0) is 18.3. The number of benzene rings is 1. The number of rotatable bonds is 5. The van der Waals surface area contributed by atoms with Gasteiger partial charge in [0, 0.05) is 13.1 Å². The van der Waals surface area contributed by atoms with E-state index in [-0.39, 0.29) is 22.6 Å². The molecule has 0 bridgehead atoms. The molecule has 0 saturated carbocycles. The molecule has 8 heteroatoms. The summed E-state index contributed by atoms with van der Waals surface area (Å²) in [5.41, 5.74) is -0.232. The van der Waals surface area contributed by atoms with Crippen molar-refractivity contribution in [2.75, 3.05) is 34.3 Å². The highest BCUT2D eigenvalue weighted by molar-refractivity contribution is 7.90. The predicted molar refractivity (Wildman–Crippen MR) is 88.3 cm³/mol. The van der Waals surface area contributed by atoms with Gasteiger partial charge in [0.25, 0.3) is 15.9 Å². The third-order valence-electron chi connectivity index (χ3n) is 3.74. The van der Waals surface area contributed by atoms with Crippen molar-refractivity contribution >= 4 is 21.9 Å². The molecule has 2 rings (SSSR count). The number of carbonyl (C=O) groups excluding carboxylic acids is 2. The Kier molecular flexibility index (Phi) is 4.74. The number of fused-ring (bicyclic) bond motifs is 1. The summed E-state index contributed by atoms with van der Waals surface area (Å²) in [4.78, 5) is 26.0. The third kappa shape index (κ3) is 3.29. The second-order valence-electron chi connectivity index (χ2n) is 6.92. The number of amides is 1. The molecule has 1 aliphatic rings. The van der Waals surface area contributed by atoms with E-state index < -0.39 is 27.3 Å². The van der Waals surface area contributed by atoms with Crippen LogP contribution >= 0.6 is 0 Å². The van der Waals surface area contributed by atoms with Crippen LogP contribution in [0.2, 0.25) is 0 Å². The summed E-state index contributed by atoms with van der Waals surface area (Å²) < 4.78 is 31.0. The van der Waals surface area contributed by atoms with E-state index in [0.717, 1.165) is 4.31 Å². The van der Waals surface area contributed by atoms with Gasteiger partial charge in [-0.3, -0.25) is 4.79 Å². The van der Waals surface area contributed by atoms with E-state index >= 15 is 0 Å². The summed E-state index contributed by atoms with van der Waals surface area (Å²) in [7, 11) is 1.02. The lowest BCUT2D eigenvalue weighted by atomic mass is 9.93. The number of hydrogen-bond acceptors (Lipinski definition) is 6. The van der Waals surface area contributed by atoms with Gasteiger partial charge in [0.05, 0.1) is 18.2 Å². The van der Waals surface area contributed by atoms with Crippen molar-refractivity contribution in [3.8, 4) is 0 Å². The highest BCUT2D eigenvalue weighted by Crippen LogP contribution is 2.34. The van der Waals surface area contributed by atoms with Crippen LogP contribution in [0.5, 0.6) is 0 Å². The van der Waals surface area contributed by atoms with E-state index in [1.54, 1.807) is 0 Å². The van der Waals surface area contributed by atoms with Crippen LogP contribution in [0.25, 0.3) is 0 Å². The zero-order valence-corrected chi connectivity index (χ0v) is 15.3. The molecule has 0 atom stereocenters. The van der Waals surface area contributed by atoms with Gasteiger partial charge in [-0.05, 0) is 37.7 Å². The lowest BCUT2D eigenvalue weighted by molar-refractivity contribution is 0.0600. The highest BCUT2D eigenvalue weighted by Gasteiger charge is 2.43. The second kappa shape index (κ2) is 6.18. The van der Waals surface area contributed by atoms with Crippen LogP contribution < -0.4 is 0 Å². The minimum atomic E-state index is -3.97. The average Bonchev–Trinajstić information content (AvgIpc) is 2.65. The van der Waals surface area contributed by atoms with Gasteiger partial charge in [-0.25, -0.2) is 17.5 Å². The summed E-state index contributed by atoms with van der Waals surface area (Å²) in [6.07, 6.45) is 0. The van der Waals surface area contributed by atoms with Crippen LogP contribution in [-0.4, -0.2) is 63.8 Å². The van der Waals surface area contributed by atoms with E-state index in [0.29, 0.717) is 6.54 Å². The van der Waals surface area contributed by atoms with Crippen LogP contribution in [0.3, 0.4) is 0 Å². The molecule has 0 aromatic heterocycles. The molecule has 7 nitrogen and oxygen atoms in total. The molecule has 1 aliphatic heterocycles. The van der Waals surface area contributed by atoms with E-state index in [9.17, 15) is 18.0 Å². The lowest BCUT2D eigenvalue weighted by Crippen LogP contribution is -2.42. The summed E-state index contributed by atoms with van der Waals surface area (Å²) >= 11 is 0. The Morgan fingerprint density at radius 1 is 1.29 bits per heavy atom. The summed E-state index contributed by atoms with van der Waals surface area (Å²) in [5.74, 6) is -1.21. The second-order valence-corrected chi connectivity index (χ2v) is 8.75. The zero-order valence-electron chi connectivity index (χ0n) is 14.5. The summed E-state index contributed by atoms with van der Waals surface area (Å²) in [6, 6.07) is 3.96. The van der Waals surface area contributed by atoms with Crippen molar-refractivity contribution < 1.29 is 22.7 Å². The minimum absolute atomic E-state index is 0.0641. The van der Waals surface area contributed by atoms with Crippen molar-refractivity contribution in [3.63, 3.8) is 0 Å². The quantitative estimate of drug-likeness (QED) is 0.739. The maximum Gasteiger partial charge on any atom is 0.337 e. The Morgan fingerprint density at radius 2 is 1.92 bits per heavy atom. The minimum Gasteiger partial charge on any atom is -0.465 e.